The first-order valence-electron chi connectivity index (χ1n) is 11.7. The smallest absolute Gasteiger partial charge is 0.241 e. The number of hydrogen-bond acceptors (Lipinski definition) is 6. The lowest BCUT2D eigenvalue weighted by atomic mass is 9.97. The topological polar surface area (TPSA) is 89.1 Å². The molecule has 1 atom stereocenters. The molecule has 1 N–H and O–H groups in total. The molecule has 1 aliphatic rings. The minimum absolute atomic E-state index is 0.0710. The lowest BCUT2D eigenvalue weighted by molar-refractivity contribution is -0.127. The molecule has 2 aromatic heterocycles. The molecular formula is C26H27BrN6O2. The molecule has 2 aromatic carbocycles. The van der Waals surface area contributed by atoms with Crippen molar-refractivity contribution in [2.24, 2.45) is 5.92 Å². The molecule has 35 heavy (non-hydrogen) atoms. The lowest BCUT2D eigenvalue weighted by Crippen LogP contribution is -2.42. The van der Waals surface area contributed by atoms with Gasteiger partial charge in [0.15, 0.2) is 0 Å². The van der Waals surface area contributed by atoms with Gasteiger partial charge in [-0.3, -0.25) is 9.69 Å². The predicted octanol–water partition coefficient (Wildman–Crippen LogP) is 4.52. The highest BCUT2D eigenvalue weighted by atomic mass is 79.9. The Bertz CT molecular complexity index is 1320. The van der Waals surface area contributed by atoms with Gasteiger partial charge in [0, 0.05) is 35.5 Å². The van der Waals surface area contributed by atoms with Crippen molar-refractivity contribution in [3.8, 4) is 17.1 Å². The first kappa shape index (κ1) is 23.4. The van der Waals surface area contributed by atoms with Crippen molar-refractivity contribution < 1.29 is 9.32 Å². The van der Waals surface area contributed by atoms with Crippen LogP contribution in [0.15, 0.2) is 69.9 Å². The molecule has 1 fully saturated rings. The van der Waals surface area contributed by atoms with Gasteiger partial charge in [-0.25, -0.2) is 4.98 Å². The third kappa shape index (κ3) is 5.52. The van der Waals surface area contributed by atoms with Gasteiger partial charge in [-0.2, -0.15) is 4.98 Å². The largest absolute Gasteiger partial charge is 0.352 e. The Hall–Kier alpha value is -3.30. The lowest BCUT2D eigenvalue weighted by Gasteiger charge is -2.31. The van der Waals surface area contributed by atoms with Crippen LogP contribution in [-0.4, -0.2) is 43.6 Å². The summed E-state index contributed by atoms with van der Waals surface area (Å²) in [7, 11) is 0. The highest BCUT2D eigenvalue weighted by Crippen LogP contribution is 2.23. The van der Waals surface area contributed by atoms with Crippen LogP contribution in [0.5, 0.6) is 0 Å². The molecule has 0 spiro atoms. The van der Waals surface area contributed by atoms with Crippen molar-refractivity contribution in [2.75, 3.05) is 13.1 Å². The predicted molar refractivity (Wildman–Crippen MR) is 136 cm³/mol. The minimum atomic E-state index is -0.0710. The molecule has 8 nitrogen and oxygen atoms in total. The summed E-state index contributed by atoms with van der Waals surface area (Å²) >= 11 is 3.47. The van der Waals surface area contributed by atoms with Gasteiger partial charge in [-0.05, 0) is 50.1 Å². The molecule has 3 heterocycles. The number of nitrogens with one attached hydrogen (secondary N) is 1. The fourth-order valence-electron chi connectivity index (χ4n) is 4.52. The second kappa shape index (κ2) is 10.5. The number of amides is 1. The van der Waals surface area contributed by atoms with Gasteiger partial charge >= 0.3 is 0 Å². The van der Waals surface area contributed by atoms with Crippen molar-refractivity contribution in [1.29, 1.82) is 0 Å². The van der Waals surface area contributed by atoms with Gasteiger partial charge in [0.2, 0.25) is 17.6 Å². The fraction of sp³-hybridized carbons (Fsp3) is 0.308. The third-order valence-electron chi connectivity index (χ3n) is 6.32. The average molecular weight is 535 g/mol. The molecule has 4 aromatic rings. The molecule has 9 heteroatoms. The summed E-state index contributed by atoms with van der Waals surface area (Å²) in [5, 5.41) is 7.28. The van der Waals surface area contributed by atoms with Crippen LogP contribution in [-0.2, 0) is 17.9 Å². The molecule has 1 amide bonds. The Morgan fingerprint density at radius 1 is 1.23 bits per heavy atom. The maximum Gasteiger partial charge on any atom is 0.241 e. The molecule has 180 valence electrons. The number of carbonyl (C=O) groups excluding carboxylic acids is 1. The van der Waals surface area contributed by atoms with E-state index in [2.05, 4.69) is 41.3 Å². The highest BCUT2D eigenvalue weighted by molar-refractivity contribution is 9.10. The molecule has 1 unspecified atom stereocenters. The molecular weight excluding hydrogens is 508 g/mol. The van der Waals surface area contributed by atoms with E-state index in [4.69, 9.17) is 4.52 Å². The second-order valence-corrected chi connectivity index (χ2v) is 9.70. The number of aryl methyl sites for hydroxylation is 1. The van der Waals surface area contributed by atoms with E-state index in [-0.39, 0.29) is 11.8 Å². The Labute approximate surface area is 212 Å². The zero-order valence-electron chi connectivity index (χ0n) is 19.5. The SMILES string of the molecule is Cc1nccn1-c1ccccc1CNC(=O)C1CCCN(Cc2nc(-c3cccc(Br)c3)no2)C1. The standard InChI is InChI=1S/C26H27BrN6O2/c1-18-28-11-13-33(18)23-10-3-2-6-20(23)15-29-26(34)21-8-5-12-32(16-21)17-24-30-25(31-35-24)19-7-4-9-22(27)14-19/h2-4,6-7,9-11,13-14,21H,5,8,12,15-17H2,1H3,(H,29,34). The number of carbonyl (C=O) groups is 1. The summed E-state index contributed by atoms with van der Waals surface area (Å²) in [6.07, 6.45) is 5.55. The molecule has 0 bridgehead atoms. The van der Waals surface area contributed by atoms with Crippen LogP contribution < -0.4 is 5.32 Å². The number of rotatable bonds is 7. The monoisotopic (exact) mass is 534 g/mol. The van der Waals surface area contributed by atoms with Gasteiger partial charge in [0.1, 0.15) is 5.82 Å². The van der Waals surface area contributed by atoms with E-state index >= 15 is 0 Å². The summed E-state index contributed by atoms with van der Waals surface area (Å²) in [6.45, 7) is 4.55. The quantitative estimate of drug-likeness (QED) is 0.375. The van der Waals surface area contributed by atoms with Crippen LogP contribution in [0, 0.1) is 12.8 Å². The van der Waals surface area contributed by atoms with Crippen LogP contribution in [0.1, 0.15) is 30.1 Å². The number of para-hydroxylation sites is 1. The van der Waals surface area contributed by atoms with Gasteiger partial charge < -0.3 is 14.4 Å². The fourth-order valence-corrected chi connectivity index (χ4v) is 4.92. The number of nitrogens with zero attached hydrogens (tertiary/aromatic N) is 5. The van der Waals surface area contributed by atoms with E-state index in [1.165, 1.54) is 0 Å². The van der Waals surface area contributed by atoms with Crippen LogP contribution >= 0.6 is 15.9 Å². The molecule has 1 aliphatic heterocycles. The van der Waals surface area contributed by atoms with E-state index in [1.807, 2.05) is 66.2 Å². The van der Waals surface area contributed by atoms with E-state index in [0.29, 0.717) is 31.3 Å². The summed E-state index contributed by atoms with van der Waals surface area (Å²) in [5.41, 5.74) is 2.99. The minimum Gasteiger partial charge on any atom is -0.352 e. The molecule has 0 aliphatic carbocycles. The normalized spacial score (nSPS) is 16.3. The zero-order valence-corrected chi connectivity index (χ0v) is 21.1. The van der Waals surface area contributed by atoms with Gasteiger partial charge in [0.05, 0.1) is 18.2 Å². The van der Waals surface area contributed by atoms with Crippen molar-refractivity contribution in [3.63, 3.8) is 0 Å². The Balaban J connectivity index is 1.19. The van der Waals surface area contributed by atoms with Crippen LogP contribution in [0.3, 0.4) is 0 Å². The molecule has 5 rings (SSSR count). The number of imidazole rings is 1. The van der Waals surface area contributed by atoms with Crippen molar-refractivity contribution in [1.82, 2.24) is 29.9 Å². The Morgan fingerprint density at radius 3 is 2.94 bits per heavy atom. The van der Waals surface area contributed by atoms with Crippen molar-refractivity contribution >= 4 is 21.8 Å². The second-order valence-electron chi connectivity index (χ2n) is 8.79. The highest BCUT2D eigenvalue weighted by Gasteiger charge is 2.27. The molecule has 0 saturated carbocycles. The van der Waals surface area contributed by atoms with E-state index in [0.717, 1.165) is 46.5 Å². The van der Waals surface area contributed by atoms with Gasteiger partial charge in [0.25, 0.3) is 0 Å². The summed E-state index contributed by atoms with van der Waals surface area (Å²) in [5.74, 6) is 2.05. The average Bonchev–Trinajstić information content (AvgIpc) is 3.52. The van der Waals surface area contributed by atoms with Crippen molar-refractivity contribution in [2.45, 2.75) is 32.9 Å². The number of likely N-dealkylation sites (tertiary alicyclic amines) is 1. The summed E-state index contributed by atoms with van der Waals surface area (Å²) in [4.78, 5) is 24.1. The maximum absolute atomic E-state index is 13.0. The number of benzene rings is 2. The Morgan fingerprint density at radius 2 is 2.11 bits per heavy atom. The number of aromatic nitrogens is 4. The number of halogens is 1. The maximum atomic E-state index is 13.0. The zero-order chi connectivity index (χ0) is 24.2. The van der Waals surface area contributed by atoms with E-state index < -0.39 is 0 Å². The number of piperidine rings is 1. The van der Waals surface area contributed by atoms with Gasteiger partial charge in [-0.1, -0.05) is 51.4 Å². The van der Waals surface area contributed by atoms with Gasteiger partial charge in [-0.15, -0.1) is 0 Å². The van der Waals surface area contributed by atoms with Crippen LogP contribution in [0.4, 0.5) is 0 Å². The Kier molecular flexibility index (Phi) is 7.06. The van der Waals surface area contributed by atoms with Crippen molar-refractivity contribution in [3.05, 3.63) is 82.7 Å². The van der Waals surface area contributed by atoms with E-state index in [1.54, 1.807) is 6.20 Å². The number of hydrogen-bond donors (Lipinski definition) is 1. The summed E-state index contributed by atoms with van der Waals surface area (Å²) < 4.78 is 8.50. The first-order chi connectivity index (χ1) is 17.1. The molecule has 0 radical (unpaired) electrons. The molecule has 1 saturated heterocycles. The van der Waals surface area contributed by atoms with E-state index in [9.17, 15) is 4.79 Å². The third-order valence-corrected chi connectivity index (χ3v) is 6.81. The van der Waals surface area contributed by atoms with Crippen LogP contribution in [0.25, 0.3) is 17.1 Å². The van der Waals surface area contributed by atoms with Crippen LogP contribution in [0.2, 0.25) is 0 Å². The summed E-state index contributed by atoms with van der Waals surface area (Å²) in [6, 6.07) is 15.9. The first-order valence-corrected chi connectivity index (χ1v) is 12.5.